The van der Waals surface area contributed by atoms with Crippen LogP contribution in [0.4, 0.5) is 0 Å². The zero-order valence-electron chi connectivity index (χ0n) is 22.3. The van der Waals surface area contributed by atoms with E-state index in [4.69, 9.17) is 14.2 Å². The number of methoxy groups -OCH3 is 2. The third-order valence-electron chi connectivity index (χ3n) is 6.61. The number of ether oxygens (including phenoxy) is 3. The number of benzene rings is 1. The smallest absolute Gasteiger partial charge is 0.345 e. The van der Waals surface area contributed by atoms with Gasteiger partial charge in [-0.15, -0.1) is 0 Å². The highest BCUT2D eigenvalue weighted by Gasteiger charge is 2.29. The van der Waals surface area contributed by atoms with Gasteiger partial charge in [0.25, 0.3) is 0 Å². The summed E-state index contributed by atoms with van der Waals surface area (Å²) in [6.45, 7) is 8.55. The second-order valence-corrected chi connectivity index (χ2v) is 9.04. The average molecular weight is 493 g/mol. The fraction of sp³-hybridized carbons (Fsp3) is 0.643. The molecule has 0 amide bonds. The van der Waals surface area contributed by atoms with Crippen LogP contribution in [0.5, 0.6) is 17.2 Å². The van der Waals surface area contributed by atoms with Gasteiger partial charge in [0, 0.05) is 0 Å². The van der Waals surface area contributed by atoms with Gasteiger partial charge in [0.1, 0.15) is 11.7 Å². The molecule has 0 aliphatic heterocycles. The number of carbonyl (C=O) groups is 2. The van der Waals surface area contributed by atoms with E-state index in [1.54, 1.807) is 0 Å². The molecule has 0 radical (unpaired) electrons. The first kappa shape index (κ1) is 30.3. The summed E-state index contributed by atoms with van der Waals surface area (Å²) in [7, 11) is 2.76. The summed E-state index contributed by atoms with van der Waals surface area (Å²) in [6.07, 6.45) is 9.80. The van der Waals surface area contributed by atoms with Crippen LogP contribution in [0.1, 0.15) is 91.0 Å². The molecule has 0 fully saturated rings. The minimum Gasteiger partial charge on any atom is -0.502 e. The largest absolute Gasteiger partial charge is 0.502 e. The molecule has 0 aliphatic rings. The lowest BCUT2D eigenvalue weighted by Crippen LogP contribution is -2.31. The van der Waals surface area contributed by atoms with Gasteiger partial charge in [0.05, 0.1) is 14.2 Å². The number of aliphatic carboxylic acids is 1. The van der Waals surface area contributed by atoms with Crippen LogP contribution in [-0.4, -0.2) is 42.5 Å². The van der Waals surface area contributed by atoms with E-state index in [2.05, 4.69) is 27.7 Å². The summed E-state index contributed by atoms with van der Waals surface area (Å²) in [5.41, 5.74) is -0.133. The lowest BCUT2D eigenvalue weighted by atomic mass is 9.84. The Morgan fingerprint density at radius 3 is 1.97 bits per heavy atom. The Balaban J connectivity index is 3.30. The SMILES string of the molecule is CCCCC(CC)CC(OC(=O)C(=Cc1cc(OC)c(O)c(OC)c1)C(=O)O)C(CC)CCCC. The molecule has 0 spiro atoms. The molecule has 0 aromatic heterocycles. The Morgan fingerprint density at radius 1 is 0.943 bits per heavy atom. The van der Waals surface area contributed by atoms with Crippen molar-refractivity contribution in [1.82, 2.24) is 0 Å². The van der Waals surface area contributed by atoms with Crippen LogP contribution in [0.25, 0.3) is 6.08 Å². The van der Waals surface area contributed by atoms with E-state index >= 15 is 0 Å². The predicted molar refractivity (Wildman–Crippen MR) is 138 cm³/mol. The maximum absolute atomic E-state index is 13.2. The van der Waals surface area contributed by atoms with Crippen molar-refractivity contribution in [3.63, 3.8) is 0 Å². The van der Waals surface area contributed by atoms with Crippen LogP contribution in [0.2, 0.25) is 0 Å². The summed E-state index contributed by atoms with van der Waals surface area (Å²) < 4.78 is 16.2. The first-order valence-corrected chi connectivity index (χ1v) is 12.9. The lowest BCUT2D eigenvalue weighted by molar-refractivity contribution is -0.151. The van der Waals surface area contributed by atoms with Gasteiger partial charge in [-0.2, -0.15) is 0 Å². The number of phenols is 1. The van der Waals surface area contributed by atoms with Crippen molar-refractivity contribution in [3.8, 4) is 17.2 Å². The van der Waals surface area contributed by atoms with Crippen LogP contribution in [0, 0.1) is 11.8 Å². The molecule has 0 saturated heterocycles. The van der Waals surface area contributed by atoms with Crippen molar-refractivity contribution in [1.29, 1.82) is 0 Å². The lowest BCUT2D eigenvalue weighted by Gasteiger charge is -2.29. The number of carboxylic acid groups (broad SMARTS) is 1. The van der Waals surface area contributed by atoms with Gasteiger partial charge >= 0.3 is 11.9 Å². The first-order chi connectivity index (χ1) is 16.8. The minimum atomic E-state index is -1.38. The van der Waals surface area contributed by atoms with Gasteiger partial charge in [-0.1, -0.05) is 66.2 Å². The highest BCUT2D eigenvalue weighted by Crippen LogP contribution is 2.38. The summed E-state index contributed by atoms with van der Waals surface area (Å²) in [6, 6.07) is 2.89. The number of aromatic hydroxyl groups is 1. The summed E-state index contributed by atoms with van der Waals surface area (Å²) in [5, 5.41) is 20.0. The molecule has 0 heterocycles. The van der Waals surface area contributed by atoms with Crippen LogP contribution >= 0.6 is 0 Å². The average Bonchev–Trinajstić information content (AvgIpc) is 2.85. The monoisotopic (exact) mass is 492 g/mol. The third-order valence-corrected chi connectivity index (χ3v) is 6.61. The summed E-state index contributed by atoms with van der Waals surface area (Å²) >= 11 is 0. The second kappa shape index (κ2) is 16.1. The fourth-order valence-corrected chi connectivity index (χ4v) is 4.34. The molecule has 2 N–H and O–H groups in total. The number of hydrogen-bond acceptors (Lipinski definition) is 6. The predicted octanol–water partition coefficient (Wildman–Crippen LogP) is 6.61. The van der Waals surface area contributed by atoms with E-state index in [0.717, 1.165) is 57.8 Å². The molecular formula is C28H44O7. The van der Waals surface area contributed by atoms with Crippen molar-refractivity contribution in [2.75, 3.05) is 14.2 Å². The van der Waals surface area contributed by atoms with E-state index in [9.17, 15) is 19.8 Å². The zero-order valence-corrected chi connectivity index (χ0v) is 22.3. The van der Waals surface area contributed by atoms with Crippen LogP contribution in [0.3, 0.4) is 0 Å². The first-order valence-electron chi connectivity index (χ1n) is 12.9. The van der Waals surface area contributed by atoms with Crippen molar-refractivity contribution in [3.05, 3.63) is 23.3 Å². The normalized spacial score (nSPS) is 14.2. The standard InChI is InChI=1S/C28H44O7/c1-7-11-13-19(9-3)16-23(21(10-4)14-12-8-2)35-28(32)22(27(30)31)15-20-17-24(33-5)26(29)25(18-20)34-6/h15,17-19,21,23,29H,7-14,16H2,1-6H3,(H,30,31). The molecule has 0 aliphatic carbocycles. The zero-order chi connectivity index (χ0) is 26.4. The van der Waals surface area contributed by atoms with E-state index in [1.165, 1.54) is 32.4 Å². The quantitative estimate of drug-likeness (QED) is 0.109. The van der Waals surface area contributed by atoms with Gasteiger partial charge in [-0.05, 0) is 54.9 Å². The van der Waals surface area contributed by atoms with E-state index < -0.39 is 17.5 Å². The van der Waals surface area contributed by atoms with Crippen molar-refractivity contribution in [2.24, 2.45) is 11.8 Å². The minimum absolute atomic E-state index is 0.110. The fourth-order valence-electron chi connectivity index (χ4n) is 4.34. The molecule has 35 heavy (non-hydrogen) atoms. The van der Waals surface area contributed by atoms with Crippen LogP contribution < -0.4 is 9.47 Å². The number of phenolic OH excluding ortho intramolecular Hbond substituents is 1. The van der Waals surface area contributed by atoms with Crippen molar-refractivity contribution in [2.45, 2.75) is 91.6 Å². The Labute approximate surface area is 210 Å². The number of carboxylic acids is 1. The molecule has 198 valence electrons. The molecule has 7 heteroatoms. The number of unbranched alkanes of at least 4 members (excludes halogenated alkanes) is 2. The highest BCUT2D eigenvalue weighted by molar-refractivity contribution is 6.17. The summed E-state index contributed by atoms with van der Waals surface area (Å²) in [5.74, 6) is -1.61. The number of esters is 1. The van der Waals surface area contributed by atoms with Crippen molar-refractivity contribution >= 4 is 18.0 Å². The molecule has 7 nitrogen and oxygen atoms in total. The topological polar surface area (TPSA) is 102 Å². The van der Waals surface area contributed by atoms with Gasteiger partial charge in [0.15, 0.2) is 11.5 Å². The Hall–Kier alpha value is -2.70. The van der Waals surface area contributed by atoms with Crippen LogP contribution in [-0.2, 0) is 14.3 Å². The Morgan fingerprint density at radius 2 is 1.51 bits per heavy atom. The number of rotatable bonds is 17. The van der Waals surface area contributed by atoms with Crippen LogP contribution in [0.15, 0.2) is 17.7 Å². The molecule has 1 rings (SSSR count). The van der Waals surface area contributed by atoms with E-state index in [0.29, 0.717) is 11.5 Å². The maximum Gasteiger partial charge on any atom is 0.345 e. The van der Waals surface area contributed by atoms with Gasteiger partial charge in [-0.25, -0.2) is 9.59 Å². The molecule has 1 aromatic carbocycles. The molecule has 1 aromatic rings. The van der Waals surface area contributed by atoms with Gasteiger partial charge in [0.2, 0.25) is 5.75 Å². The molecule has 0 saturated carbocycles. The Kier molecular flexibility index (Phi) is 13.9. The maximum atomic E-state index is 13.2. The van der Waals surface area contributed by atoms with E-state index in [1.807, 2.05) is 0 Å². The van der Waals surface area contributed by atoms with Crippen molar-refractivity contribution < 1.29 is 34.0 Å². The second-order valence-electron chi connectivity index (χ2n) is 9.04. The molecular weight excluding hydrogens is 448 g/mol. The molecule has 0 bridgehead atoms. The summed E-state index contributed by atoms with van der Waals surface area (Å²) in [4.78, 5) is 25.2. The molecule has 3 unspecified atom stereocenters. The number of hydrogen-bond donors (Lipinski definition) is 2. The molecule has 3 atom stereocenters. The van der Waals surface area contributed by atoms with Gasteiger partial charge in [-0.3, -0.25) is 0 Å². The van der Waals surface area contributed by atoms with Gasteiger partial charge < -0.3 is 24.4 Å². The number of carbonyl (C=O) groups excluding carboxylic acids is 1. The Bertz CT molecular complexity index is 806. The highest BCUT2D eigenvalue weighted by atomic mass is 16.5. The van der Waals surface area contributed by atoms with E-state index in [-0.39, 0.29) is 29.3 Å². The third kappa shape index (κ3) is 9.46.